The first kappa shape index (κ1) is 13.0. The maximum Gasteiger partial charge on any atom is 0.153 e. The zero-order valence-corrected chi connectivity index (χ0v) is 12.4. The molecule has 2 heterocycles. The Labute approximate surface area is 122 Å². The van der Waals surface area contributed by atoms with Crippen molar-refractivity contribution in [3.63, 3.8) is 0 Å². The Balaban J connectivity index is 1.82. The van der Waals surface area contributed by atoms with Crippen molar-refractivity contribution < 1.29 is 4.74 Å². The van der Waals surface area contributed by atoms with E-state index in [2.05, 4.69) is 40.5 Å². The van der Waals surface area contributed by atoms with E-state index in [1.54, 1.807) is 11.3 Å². The van der Waals surface area contributed by atoms with Crippen molar-refractivity contribution in [2.24, 2.45) is 10.7 Å². The zero-order valence-electron chi connectivity index (χ0n) is 11.5. The summed E-state index contributed by atoms with van der Waals surface area (Å²) < 4.78 is 5.71. The van der Waals surface area contributed by atoms with Crippen LogP contribution in [0.5, 0.6) is 5.75 Å². The predicted molar refractivity (Wildman–Crippen MR) is 84.2 cm³/mol. The number of hydrogen-bond donors (Lipinski definition) is 1. The highest BCUT2D eigenvalue weighted by Gasteiger charge is 2.18. The molecule has 0 saturated heterocycles. The molecule has 0 saturated carbocycles. The largest absolute Gasteiger partial charge is 0.481 e. The zero-order chi connectivity index (χ0) is 14.1. The maximum atomic E-state index is 5.84. The van der Waals surface area contributed by atoms with Gasteiger partial charge in [0.25, 0.3) is 0 Å². The number of hydrogen-bond acceptors (Lipinski definition) is 5. The van der Waals surface area contributed by atoms with E-state index in [0.29, 0.717) is 5.84 Å². The number of anilines is 1. The number of ether oxygens (including phenoxy) is 1. The minimum absolute atomic E-state index is 0.151. The van der Waals surface area contributed by atoms with Gasteiger partial charge in [-0.2, -0.15) is 0 Å². The Bertz CT molecular complexity index is 637. The summed E-state index contributed by atoms with van der Waals surface area (Å²) in [6.07, 6.45) is -0.151. The van der Waals surface area contributed by atoms with E-state index in [4.69, 9.17) is 10.5 Å². The fourth-order valence-electron chi connectivity index (χ4n) is 2.17. The third kappa shape index (κ3) is 2.49. The summed E-state index contributed by atoms with van der Waals surface area (Å²) in [7, 11) is 2.08. The highest BCUT2D eigenvalue weighted by atomic mass is 32.1. The van der Waals surface area contributed by atoms with Crippen LogP contribution in [0.3, 0.4) is 0 Å². The SMILES string of the molecule is CC1Oc2ccc(CN(C)c3cccs3)cc2N=C1N. The van der Waals surface area contributed by atoms with Crippen LogP contribution in [0.25, 0.3) is 0 Å². The minimum atomic E-state index is -0.151. The highest BCUT2D eigenvalue weighted by Crippen LogP contribution is 2.33. The van der Waals surface area contributed by atoms with Gasteiger partial charge < -0.3 is 15.4 Å². The van der Waals surface area contributed by atoms with Crippen LogP contribution in [0.1, 0.15) is 12.5 Å². The normalized spacial score (nSPS) is 17.1. The summed E-state index contributed by atoms with van der Waals surface area (Å²) in [5, 5.41) is 3.33. The number of rotatable bonds is 3. The van der Waals surface area contributed by atoms with Gasteiger partial charge in [-0.05, 0) is 42.1 Å². The summed E-state index contributed by atoms with van der Waals surface area (Å²) in [4.78, 5) is 6.63. The summed E-state index contributed by atoms with van der Waals surface area (Å²) >= 11 is 1.73. The van der Waals surface area contributed by atoms with Gasteiger partial charge in [-0.1, -0.05) is 6.07 Å². The highest BCUT2D eigenvalue weighted by molar-refractivity contribution is 7.14. The minimum Gasteiger partial charge on any atom is -0.481 e. The van der Waals surface area contributed by atoms with E-state index in [9.17, 15) is 0 Å². The van der Waals surface area contributed by atoms with Gasteiger partial charge in [-0.3, -0.25) is 0 Å². The Hall–Kier alpha value is -2.01. The standard InChI is InChI=1S/C15H17N3OS/c1-10-15(16)17-12-8-11(5-6-13(12)19-10)9-18(2)14-4-3-7-20-14/h3-8,10H,9H2,1-2H3,(H2,16,17). The number of aliphatic imine (C=N–C) groups is 1. The van der Waals surface area contributed by atoms with Crippen LogP contribution < -0.4 is 15.4 Å². The number of thiophene rings is 1. The van der Waals surface area contributed by atoms with Crippen LogP contribution in [-0.4, -0.2) is 19.0 Å². The smallest absolute Gasteiger partial charge is 0.153 e. The Morgan fingerprint density at radius 1 is 1.40 bits per heavy atom. The van der Waals surface area contributed by atoms with Crippen molar-refractivity contribution in [2.75, 3.05) is 11.9 Å². The molecule has 2 aromatic rings. The van der Waals surface area contributed by atoms with Crippen LogP contribution in [0.15, 0.2) is 40.7 Å². The summed E-state index contributed by atoms with van der Waals surface area (Å²) in [5.41, 5.74) is 7.84. The molecule has 0 bridgehead atoms. The molecule has 2 N–H and O–H groups in total. The molecule has 5 heteroatoms. The Morgan fingerprint density at radius 2 is 2.25 bits per heavy atom. The molecular formula is C15H17N3OS. The summed E-state index contributed by atoms with van der Waals surface area (Å²) in [6, 6.07) is 10.3. The van der Waals surface area contributed by atoms with E-state index in [1.807, 2.05) is 19.1 Å². The number of nitrogens with two attached hydrogens (primary N) is 1. The first-order chi connectivity index (χ1) is 9.63. The van der Waals surface area contributed by atoms with Gasteiger partial charge in [0.05, 0.1) is 5.00 Å². The predicted octanol–water partition coefficient (Wildman–Crippen LogP) is 3.15. The fraction of sp³-hybridized carbons (Fsp3) is 0.267. The number of amidine groups is 1. The average molecular weight is 287 g/mol. The molecule has 1 aliphatic heterocycles. The van der Waals surface area contributed by atoms with Crippen LogP contribution in [0, 0.1) is 0 Å². The topological polar surface area (TPSA) is 50.8 Å². The first-order valence-electron chi connectivity index (χ1n) is 6.52. The second kappa shape index (κ2) is 5.17. The quantitative estimate of drug-likeness (QED) is 0.943. The molecule has 20 heavy (non-hydrogen) atoms. The molecule has 0 spiro atoms. The molecule has 0 amide bonds. The van der Waals surface area contributed by atoms with Crippen molar-refractivity contribution >= 4 is 27.9 Å². The molecular weight excluding hydrogens is 270 g/mol. The third-order valence-electron chi connectivity index (χ3n) is 3.30. The Morgan fingerprint density at radius 3 is 3.00 bits per heavy atom. The van der Waals surface area contributed by atoms with E-state index >= 15 is 0 Å². The van der Waals surface area contributed by atoms with Crippen molar-refractivity contribution in [3.05, 3.63) is 41.3 Å². The van der Waals surface area contributed by atoms with E-state index < -0.39 is 0 Å². The molecule has 0 radical (unpaired) electrons. The second-order valence-electron chi connectivity index (χ2n) is 4.91. The van der Waals surface area contributed by atoms with Gasteiger partial charge >= 0.3 is 0 Å². The summed E-state index contributed by atoms with van der Waals surface area (Å²) in [6.45, 7) is 2.74. The number of nitrogens with zero attached hydrogens (tertiary/aromatic N) is 2. The van der Waals surface area contributed by atoms with Crippen LogP contribution in [0.4, 0.5) is 10.7 Å². The lowest BCUT2D eigenvalue weighted by atomic mass is 10.1. The van der Waals surface area contributed by atoms with Crippen molar-refractivity contribution in [2.45, 2.75) is 19.6 Å². The van der Waals surface area contributed by atoms with Crippen molar-refractivity contribution in [1.29, 1.82) is 0 Å². The van der Waals surface area contributed by atoms with Crippen LogP contribution >= 0.6 is 11.3 Å². The lowest BCUT2D eigenvalue weighted by Gasteiger charge is -2.22. The van der Waals surface area contributed by atoms with Gasteiger partial charge in [-0.15, -0.1) is 11.3 Å². The lowest BCUT2D eigenvalue weighted by molar-refractivity contribution is 0.281. The number of benzene rings is 1. The molecule has 1 unspecified atom stereocenters. The molecule has 3 rings (SSSR count). The second-order valence-corrected chi connectivity index (χ2v) is 5.83. The molecule has 1 aromatic heterocycles. The van der Waals surface area contributed by atoms with Gasteiger partial charge in [-0.25, -0.2) is 4.99 Å². The molecule has 0 aliphatic carbocycles. The molecule has 1 aliphatic rings. The summed E-state index contributed by atoms with van der Waals surface area (Å²) in [5.74, 6) is 1.33. The van der Waals surface area contributed by atoms with Gasteiger partial charge in [0.15, 0.2) is 6.10 Å². The molecule has 1 atom stereocenters. The lowest BCUT2D eigenvalue weighted by Crippen LogP contribution is -2.33. The first-order valence-corrected chi connectivity index (χ1v) is 7.40. The van der Waals surface area contributed by atoms with E-state index in [0.717, 1.165) is 18.0 Å². The van der Waals surface area contributed by atoms with Crippen molar-refractivity contribution in [1.82, 2.24) is 0 Å². The van der Waals surface area contributed by atoms with Crippen LogP contribution in [0.2, 0.25) is 0 Å². The van der Waals surface area contributed by atoms with Gasteiger partial charge in [0, 0.05) is 13.6 Å². The number of fused-ring (bicyclic) bond motifs is 1. The molecule has 4 nitrogen and oxygen atoms in total. The Kier molecular flexibility index (Phi) is 3.36. The molecule has 1 aromatic carbocycles. The van der Waals surface area contributed by atoms with Gasteiger partial charge in [0.2, 0.25) is 0 Å². The fourth-order valence-corrected chi connectivity index (χ4v) is 2.87. The van der Waals surface area contributed by atoms with E-state index in [-0.39, 0.29) is 6.10 Å². The monoisotopic (exact) mass is 287 g/mol. The van der Waals surface area contributed by atoms with E-state index in [1.165, 1.54) is 10.6 Å². The van der Waals surface area contributed by atoms with Gasteiger partial charge in [0.1, 0.15) is 17.3 Å². The van der Waals surface area contributed by atoms with Crippen molar-refractivity contribution in [3.8, 4) is 5.75 Å². The van der Waals surface area contributed by atoms with Crippen LogP contribution in [-0.2, 0) is 6.54 Å². The third-order valence-corrected chi connectivity index (χ3v) is 4.28. The molecule has 0 fully saturated rings. The molecule has 104 valence electrons. The maximum absolute atomic E-state index is 5.84. The average Bonchev–Trinajstić information content (AvgIpc) is 2.94.